The van der Waals surface area contributed by atoms with Crippen LogP contribution in [0.15, 0.2) is 0 Å². The van der Waals surface area contributed by atoms with Gasteiger partial charge in [-0.1, -0.05) is 0 Å². The van der Waals surface area contributed by atoms with Crippen LogP contribution < -0.4 is 5.32 Å². The van der Waals surface area contributed by atoms with Crippen molar-refractivity contribution in [2.75, 3.05) is 32.9 Å². The van der Waals surface area contributed by atoms with Crippen LogP contribution in [0.5, 0.6) is 0 Å². The van der Waals surface area contributed by atoms with E-state index in [1.54, 1.807) is 9.80 Å². The van der Waals surface area contributed by atoms with Crippen molar-refractivity contribution in [1.82, 2.24) is 20.0 Å². The molecule has 0 radical (unpaired) electrons. The average Bonchev–Trinajstić information content (AvgIpc) is 2.51. The lowest BCUT2D eigenvalue weighted by Crippen LogP contribution is -2.62. The fraction of sp³-hybridized carbons (Fsp3) is 0.667. The molecule has 2 unspecified atom stereocenters. The van der Waals surface area contributed by atoms with Crippen molar-refractivity contribution >= 4 is 29.6 Å². The van der Waals surface area contributed by atoms with Crippen molar-refractivity contribution in [3.63, 3.8) is 0 Å². The van der Waals surface area contributed by atoms with E-state index < -0.39 is 17.8 Å². The van der Waals surface area contributed by atoms with Gasteiger partial charge in [0.15, 0.2) is 6.73 Å². The van der Waals surface area contributed by atoms with Gasteiger partial charge in [0.1, 0.15) is 0 Å². The molecule has 2 atom stereocenters. The van der Waals surface area contributed by atoms with Crippen molar-refractivity contribution in [3.05, 3.63) is 0 Å². The van der Waals surface area contributed by atoms with Gasteiger partial charge in [0.25, 0.3) is 0 Å². The maximum atomic E-state index is 12.2. The molecule has 0 spiro atoms. The third-order valence-electron chi connectivity index (χ3n) is 4.50. The summed E-state index contributed by atoms with van der Waals surface area (Å²) in [5, 5.41) is 2.24. The summed E-state index contributed by atoms with van der Waals surface area (Å²) in [5.74, 6) is -2.21. The number of hydrogen-bond acceptors (Lipinski definition) is 8. The molecule has 10 heteroatoms. The highest BCUT2D eigenvalue weighted by molar-refractivity contribution is 6.00. The number of piperazine rings is 2. The molecule has 0 saturated carbocycles. The SMILES string of the molecule is CC(=O)OCN1C(=O)CN(C(C)C(C)N2CC(=O)NC(=O)C2)CC1=O. The molecule has 2 aliphatic rings. The molecule has 25 heavy (non-hydrogen) atoms. The van der Waals surface area contributed by atoms with Crippen molar-refractivity contribution in [3.8, 4) is 0 Å². The summed E-state index contributed by atoms with van der Waals surface area (Å²) >= 11 is 0. The van der Waals surface area contributed by atoms with E-state index in [0.717, 1.165) is 4.90 Å². The van der Waals surface area contributed by atoms with E-state index in [0.29, 0.717) is 0 Å². The van der Waals surface area contributed by atoms with Gasteiger partial charge in [-0.25, -0.2) is 4.90 Å². The topological polar surface area (TPSA) is 116 Å². The lowest BCUT2D eigenvalue weighted by molar-refractivity contribution is -0.164. The fourth-order valence-corrected chi connectivity index (χ4v) is 2.86. The first kappa shape index (κ1) is 19.0. The Morgan fingerprint density at radius 3 is 1.84 bits per heavy atom. The summed E-state index contributed by atoms with van der Waals surface area (Å²) in [5.41, 5.74) is 0. The van der Waals surface area contributed by atoms with Gasteiger partial charge in [-0.15, -0.1) is 0 Å². The smallest absolute Gasteiger partial charge is 0.304 e. The molecule has 2 fully saturated rings. The van der Waals surface area contributed by atoms with Gasteiger partial charge in [-0.2, -0.15) is 0 Å². The van der Waals surface area contributed by atoms with Crippen molar-refractivity contribution in [1.29, 1.82) is 0 Å². The number of amides is 4. The quantitative estimate of drug-likeness (QED) is 0.441. The van der Waals surface area contributed by atoms with Gasteiger partial charge < -0.3 is 4.74 Å². The van der Waals surface area contributed by atoms with Crippen LogP contribution in [-0.2, 0) is 28.7 Å². The van der Waals surface area contributed by atoms with Crippen LogP contribution in [-0.4, -0.2) is 89.3 Å². The lowest BCUT2D eigenvalue weighted by Gasteiger charge is -2.41. The zero-order valence-electron chi connectivity index (χ0n) is 14.5. The molecule has 10 nitrogen and oxygen atoms in total. The van der Waals surface area contributed by atoms with E-state index in [-0.39, 0.29) is 56.8 Å². The largest absolute Gasteiger partial charge is 0.444 e. The summed E-state index contributed by atoms with van der Waals surface area (Å²) in [7, 11) is 0. The molecule has 2 aliphatic heterocycles. The number of carbonyl (C=O) groups excluding carboxylic acids is 5. The van der Waals surface area contributed by atoms with E-state index in [9.17, 15) is 24.0 Å². The Hall–Kier alpha value is -2.33. The summed E-state index contributed by atoms with van der Waals surface area (Å²) in [6.45, 7) is 4.66. The third-order valence-corrected chi connectivity index (χ3v) is 4.50. The second kappa shape index (κ2) is 7.70. The van der Waals surface area contributed by atoms with Crippen molar-refractivity contribution in [2.24, 2.45) is 0 Å². The summed E-state index contributed by atoms with van der Waals surface area (Å²) in [4.78, 5) is 62.5. The molecule has 138 valence electrons. The maximum absolute atomic E-state index is 12.2. The molecule has 2 heterocycles. The predicted molar refractivity (Wildman–Crippen MR) is 83.7 cm³/mol. The number of nitrogens with one attached hydrogen (secondary N) is 1. The maximum Gasteiger partial charge on any atom is 0.304 e. The molecule has 1 N–H and O–H groups in total. The Morgan fingerprint density at radius 1 is 0.960 bits per heavy atom. The predicted octanol–water partition coefficient (Wildman–Crippen LogP) is -2.09. The summed E-state index contributed by atoms with van der Waals surface area (Å²) < 4.78 is 4.72. The van der Waals surface area contributed by atoms with Crippen LogP contribution in [0.3, 0.4) is 0 Å². The van der Waals surface area contributed by atoms with E-state index in [1.807, 2.05) is 13.8 Å². The minimum Gasteiger partial charge on any atom is -0.444 e. The molecular formula is C15H22N4O6. The average molecular weight is 354 g/mol. The fourth-order valence-electron chi connectivity index (χ4n) is 2.86. The zero-order chi connectivity index (χ0) is 18.7. The minimum absolute atomic E-state index is 0.00745. The molecule has 4 amide bonds. The first-order valence-corrected chi connectivity index (χ1v) is 7.96. The summed E-state index contributed by atoms with van der Waals surface area (Å²) in [6, 6.07) is -0.446. The molecule has 0 aliphatic carbocycles. The molecule has 0 bridgehead atoms. The molecule has 2 saturated heterocycles. The number of imide groups is 2. The standard InChI is InChI=1S/C15H22N4O6/c1-9(17-4-12(21)16-13(22)5-17)10(2)18-6-14(23)19(15(24)7-18)8-25-11(3)20/h9-10H,4-8H2,1-3H3,(H,16,21,22). The van der Waals surface area contributed by atoms with Crippen LogP contribution in [0.25, 0.3) is 0 Å². The highest BCUT2D eigenvalue weighted by Crippen LogP contribution is 2.16. The molecule has 2 rings (SSSR count). The van der Waals surface area contributed by atoms with Crippen LogP contribution in [0.4, 0.5) is 0 Å². The zero-order valence-corrected chi connectivity index (χ0v) is 14.5. The normalized spacial score (nSPS) is 22.6. The number of ether oxygens (including phenoxy) is 1. The van der Waals surface area contributed by atoms with Gasteiger partial charge in [0.05, 0.1) is 26.2 Å². The van der Waals surface area contributed by atoms with Gasteiger partial charge in [-0.05, 0) is 13.8 Å². The number of hydrogen-bond donors (Lipinski definition) is 1. The van der Waals surface area contributed by atoms with Crippen molar-refractivity contribution < 1.29 is 28.7 Å². The molecule has 0 aromatic heterocycles. The second-order valence-electron chi connectivity index (χ2n) is 6.24. The number of nitrogens with zero attached hydrogens (tertiary/aromatic N) is 3. The van der Waals surface area contributed by atoms with E-state index >= 15 is 0 Å². The number of esters is 1. The van der Waals surface area contributed by atoms with Gasteiger partial charge in [0, 0.05) is 19.0 Å². The first-order chi connectivity index (χ1) is 11.7. The van der Waals surface area contributed by atoms with Crippen LogP contribution in [0.2, 0.25) is 0 Å². The minimum atomic E-state index is -0.571. The summed E-state index contributed by atoms with van der Waals surface area (Å²) in [6.07, 6.45) is 0. The Bertz CT molecular complexity index is 573. The highest BCUT2D eigenvalue weighted by atomic mass is 16.5. The van der Waals surface area contributed by atoms with Crippen LogP contribution in [0.1, 0.15) is 20.8 Å². The van der Waals surface area contributed by atoms with Crippen LogP contribution >= 0.6 is 0 Å². The molecule has 0 aromatic carbocycles. The third kappa shape index (κ3) is 4.60. The van der Waals surface area contributed by atoms with Crippen molar-refractivity contribution in [2.45, 2.75) is 32.9 Å². The Kier molecular flexibility index (Phi) is 5.85. The van der Waals surface area contributed by atoms with E-state index in [4.69, 9.17) is 4.74 Å². The Morgan fingerprint density at radius 2 is 1.40 bits per heavy atom. The second-order valence-corrected chi connectivity index (χ2v) is 6.24. The first-order valence-electron chi connectivity index (χ1n) is 7.96. The molecule has 0 aromatic rings. The van der Waals surface area contributed by atoms with Gasteiger partial charge in [0.2, 0.25) is 23.6 Å². The van der Waals surface area contributed by atoms with E-state index in [1.165, 1.54) is 6.92 Å². The van der Waals surface area contributed by atoms with Crippen LogP contribution in [0, 0.1) is 0 Å². The van der Waals surface area contributed by atoms with Gasteiger partial charge >= 0.3 is 5.97 Å². The number of rotatable bonds is 5. The van der Waals surface area contributed by atoms with E-state index in [2.05, 4.69) is 5.32 Å². The molecular weight excluding hydrogens is 332 g/mol. The number of carbonyl (C=O) groups is 5. The Labute approximate surface area is 145 Å². The lowest BCUT2D eigenvalue weighted by atomic mass is 10.1. The Balaban J connectivity index is 1.98. The van der Waals surface area contributed by atoms with Gasteiger partial charge in [-0.3, -0.25) is 39.1 Å². The highest BCUT2D eigenvalue weighted by Gasteiger charge is 2.37. The monoisotopic (exact) mass is 354 g/mol.